The predicted octanol–water partition coefficient (Wildman–Crippen LogP) is 1.33. The van der Waals surface area contributed by atoms with Crippen molar-refractivity contribution >= 4 is 22.9 Å². The Morgan fingerprint density at radius 1 is 1.71 bits per heavy atom. The first-order valence-electron chi connectivity index (χ1n) is 4.10. The highest BCUT2D eigenvalue weighted by Gasteiger charge is 1.91. The molecule has 4 nitrogen and oxygen atoms in total. The summed E-state index contributed by atoms with van der Waals surface area (Å²) in [4.78, 5) is 10.4. The number of hydrogen-bond acceptors (Lipinski definition) is 4. The van der Waals surface area contributed by atoms with E-state index in [4.69, 9.17) is 5.11 Å². The summed E-state index contributed by atoms with van der Waals surface area (Å²) >= 11 is 1.57. The fourth-order valence-electron chi connectivity index (χ4n) is 0.630. The van der Waals surface area contributed by atoms with Crippen molar-refractivity contribution < 1.29 is 14.6 Å². The molecule has 1 aromatic rings. The van der Waals surface area contributed by atoms with E-state index < -0.39 is 0 Å². The Hall–Kier alpha value is -0.910. The standard InChI is InChI=1S/C6H7NOS.C3H8O2/c1-5(8)7-6-2-3-9-4-6;1-5-3-2-4/h2-4H,1H3,(H,7,8);4H,2-3H2,1H3. The summed E-state index contributed by atoms with van der Waals surface area (Å²) in [5, 5.41) is 14.4. The van der Waals surface area contributed by atoms with Gasteiger partial charge in [0.15, 0.2) is 0 Å². The summed E-state index contributed by atoms with van der Waals surface area (Å²) in [6, 6.07) is 1.87. The van der Waals surface area contributed by atoms with Crippen molar-refractivity contribution in [3.05, 3.63) is 16.8 Å². The second-order valence-electron chi connectivity index (χ2n) is 2.41. The van der Waals surface area contributed by atoms with Crippen molar-refractivity contribution in [2.24, 2.45) is 0 Å². The van der Waals surface area contributed by atoms with Gasteiger partial charge in [-0.05, 0) is 11.4 Å². The van der Waals surface area contributed by atoms with Gasteiger partial charge in [0.1, 0.15) is 0 Å². The molecule has 0 saturated carbocycles. The number of thiophene rings is 1. The van der Waals surface area contributed by atoms with Gasteiger partial charge in [0.05, 0.1) is 18.9 Å². The molecule has 0 aliphatic carbocycles. The first-order chi connectivity index (χ1) is 6.70. The number of aliphatic hydroxyl groups excluding tert-OH is 1. The first-order valence-corrected chi connectivity index (χ1v) is 5.04. The van der Waals surface area contributed by atoms with Crippen LogP contribution in [0.2, 0.25) is 0 Å². The number of nitrogens with one attached hydrogen (secondary N) is 1. The van der Waals surface area contributed by atoms with Gasteiger partial charge in [0.2, 0.25) is 5.91 Å². The minimum Gasteiger partial charge on any atom is -0.394 e. The summed E-state index contributed by atoms with van der Waals surface area (Å²) in [5.74, 6) is -0.0200. The van der Waals surface area contributed by atoms with Gasteiger partial charge >= 0.3 is 0 Å². The molecule has 0 radical (unpaired) electrons. The average Bonchev–Trinajstić information content (AvgIpc) is 2.58. The van der Waals surface area contributed by atoms with Crippen molar-refractivity contribution in [1.29, 1.82) is 0 Å². The summed E-state index contributed by atoms with van der Waals surface area (Å²) < 4.78 is 4.44. The molecule has 0 saturated heterocycles. The van der Waals surface area contributed by atoms with Crippen LogP contribution >= 0.6 is 11.3 Å². The molecule has 0 fully saturated rings. The van der Waals surface area contributed by atoms with E-state index in [-0.39, 0.29) is 12.5 Å². The largest absolute Gasteiger partial charge is 0.394 e. The normalized spacial score (nSPS) is 8.79. The number of hydrogen-bond donors (Lipinski definition) is 2. The SMILES string of the molecule is CC(=O)Nc1ccsc1.COCCO. The molecule has 1 rings (SSSR count). The number of carbonyl (C=O) groups excluding carboxylic acids is 1. The lowest BCUT2D eigenvalue weighted by Gasteiger charge is -1.93. The molecule has 1 heterocycles. The first kappa shape index (κ1) is 13.1. The minimum absolute atomic E-state index is 0.0200. The van der Waals surface area contributed by atoms with Crippen molar-refractivity contribution in [2.45, 2.75) is 6.92 Å². The average molecular weight is 217 g/mol. The Balaban J connectivity index is 0.000000292. The van der Waals surface area contributed by atoms with Crippen LogP contribution in [-0.4, -0.2) is 31.3 Å². The fourth-order valence-corrected chi connectivity index (χ4v) is 1.22. The van der Waals surface area contributed by atoms with E-state index >= 15 is 0 Å². The predicted molar refractivity (Wildman–Crippen MR) is 57.6 cm³/mol. The van der Waals surface area contributed by atoms with E-state index in [2.05, 4.69) is 10.1 Å². The Bertz CT molecular complexity index is 234. The van der Waals surface area contributed by atoms with Crippen molar-refractivity contribution in [1.82, 2.24) is 0 Å². The molecule has 1 amide bonds. The van der Waals surface area contributed by atoms with Crippen molar-refractivity contribution in [2.75, 3.05) is 25.6 Å². The van der Waals surface area contributed by atoms with E-state index in [0.717, 1.165) is 5.69 Å². The number of amides is 1. The number of rotatable bonds is 3. The molecule has 0 aromatic carbocycles. The quantitative estimate of drug-likeness (QED) is 0.803. The Kier molecular flexibility index (Phi) is 8.11. The molecule has 14 heavy (non-hydrogen) atoms. The van der Waals surface area contributed by atoms with Crippen LogP contribution in [-0.2, 0) is 9.53 Å². The van der Waals surface area contributed by atoms with Gasteiger partial charge in [-0.1, -0.05) is 0 Å². The van der Waals surface area contributed by atoms with Crippen LogP contribution < -0.4 is 5.32 Å². The molecule has 1 aromatic heterocycles. The topological polar surface area (TPSA) is 58.6 Å². The Morgan fingerprint density at radius 2 is 2.43 bits per heavy atom. The van der Waals surface area contributed by atoms with Gasteiger partial charge < -0.3 is 15.2 Å². The third-order valence-corrected chi connectivity index (χ3v) is 1.82. The third kappa shape index (κ3) is 7.72. The lowest BCUT2D eigenvalue weighted by atomic mass is 10.5. The molecule has 0 unspecified atom stereocenters. The van der Waals surface area contributed by atoms with Crippen LogP contribution in [0.25, 0.3) is 0 Å². The number of aliphatic hydroxyl groups is 1. The summed E-state index contributed by atoms with van der Waals surface area (Å²) in [6.07, 6.45) is 0. The molecule has 0 aliphatic heterocycles. The van der Waals surface area contributed by atoms with Crippen LogP contribution in [0.15, 0.2) is 16.8 Å². The zero-order valence-corrected chi connectivity index (χ0v) is 9.13. The number of anilines is 1. The lowest BCUT2D eigenvalue weighted by molar-refractivity contribution is -0.114. The van der Waals surface area contributed by atoms with E-state index in [9.17, 15) is 4.79 Å². The monoisotopic (exact) mass is 217 g/mol. The molecule has 0 atom stereocenters. The van der Waals surface area contributed by atoms with E-state index in [1.165, 1.54) is 6.92 Å². The van der Waals surface area contributed by atoms with E-state index in [0.29, 0.717) is 6.61 Å². The summed E-state index contributed by atoms with van der Waals surface area (Å²) in [7, 11) is 1.55. The van der Waals surface area contributed by atoms with Gasteiger partial charge in [0.25, 0.3) is 0 Å². The van der Waals surface area contributed by atoms with E-state index in [1.54, 1.807) is 18.4 Å². The summed E-state index contributed by atoms with van der Waals surface area (Å²) in [6.45, 7) is 2.06. The third-order valence-electron chi connectivity index (χ3n) is 1.14. The van der Waals surface area contributed by atoms with Gasteiger partial charge in [-0.2, -0.15) is 11.3 Å². The number of methoxy groups -OCH3 is 1. The molecule has 80 valence electrons. The van der Waals surface area contributed by atoms with Crippen molar-refractivity contribution in [3.8, 4) is 0 Å². The maximum Gasteiger partial charge on any atom is 0.221 e. The molecule has 2 N–H and O–H groups in total. The van der Waals surface area contributed by atoms with Crippen LogP contribution in [0.4, 0.5) is 5.69 Å². The summed E-state index contributed by atoms with van der Waals surface area (Å²) in [5.41, 5.74) is 0.882. The van der Waals surface area contributed by atoms with Crippen LogP contribution in [0.3, 0.4) is 0 Å². The smallest absolute Gasteiger partial charge is 0.221 e. The zero-order chi connectivity index (χ0) is 10.8. The van der Waals surface area contributed by atoms with E-state index in [1.807, 2.05) is 16.8 Å². The fraction of sp³-hybridized carbons (Fsp3) is 0.444. The van der Waals surface area contributed by atoms with Crippen LogP contribution in [0.5, 0.6) is 0 Å². The van der Waals surface area contributed by atoms with Crippen LogP contribution in [0, 0.1) is 0 Å². The highest BCUT2D eigenvalue weighted by molar-refractivity contribution is 7.08. The van der Waals surface area contributed by atoms with Gasteiger partial charge in [0, 0.05) is 19.4 Å². The molecule has 5 heteroatoms. The second-order valence-corrected chi connectivity index (χ2v) is 3.19. The maximum absolute atomic E-state index is 10.4. The highest BCUT2D eigenvalue weighted by Crippen LogP contribution is 2.10. The molecular formula is C9H15NO3S. The number of ether oxygens (including phenoxy) is 1. The molecule has 0 spiro atoms. The van der Waals surface area contributed by atoms with Gasteiger partial charge in [-0.3, -0.25) is 4.79 Å². The highest BCUT2D eigenvalue weighted by atomic mass is 32.1. The second kappa shape index (κ2) is 8.68. The minimum atomic E-state index is -0.0200. The molecule has 0 bridgehead atoms. The Labute approximate surface area is 87.5 Å². The number of carbonyl (C=O) groups is 1. The van der Waals surface area contributed by atoms with Crippen LogP contribution in [0.1, 0.15) is 6.92 Å². The maximum atomic E-state index is 10.4. The molecular weight excluding hydrogens is 202 g/mol. The van der Waals surface area contributed by atoms with Gasteiger partial charge in [-0.15, -0.1) is 0 Å². The van der Waals surface area contributed by atoms with Gasteiger partial charge in [-0.25, -0.2) is 0 Å². The Morgan fingerprint density at radius 3 is 2.71 bits per heavy atom. The lowest BCUT2D eigenvalue weighted by Crippen LogP contribution is -2.03. The molecule has 0 aliphatic rings. The zero-order valence-electron chi connectivity index (χ0n) is 8.32. The van der Waals surface area contributed by atoms with Crippen molar-refractivity contribution in [3.63, 3.8) is 0 Å².